The number of hydrogen-bond acceptors (Lipinski definition) is 6. The van der Waals surface area contributed by atoms with Crippen LogP contribution in [0.5, 0.6) is 5.75 Å². The van der Waals surface area contributed by atoms with Gasteiger partial charge < -0.3 is 19.8 Å². The summed E-state index contributed by atoms with van der Waals surface area (Å²) in [4.78, 5) is 14.6. The Morgan fingerprint density at radius 2 is 1.90 bits per heavy atom. The van der Waals surface area contributed by atoms with Gasteiger partial charge in [0.1, 0.15) is 22.4 Å². The van der Waals surface area contributed by atoms with Crippen LogP contribution in [0.1, 0.15) is 50.7 Å². The smallest absolute Gasteiger partial charge is 0.247 e. The first-order valence-corrected chi connectivity index (χ1v) is 14.9. The summed E-state index contributed by atoms with van der Waals surface area (Å²) in [5, 5.41) is 20.5. The molecule has 1 heterocycles. The van der Waals surface area contributed by atoms with Gasteiger partial charge in [-0.2, -0.15) is 4.31 Å². The SMILES string of the molecule is C[C@@H]1CN([C@@H](C)CO)S(=O)(=O)c2ccc(C#CC3(O)CCCC3)cc2O[C@H]1CN(C)C(=O)Cc1ccccc1. The lowest BCUT2D eigenvalue weighted by molar-refractivity contribution is -0.130. The quantitative estimate of drug-likeness (QED) is 0.532. The molecule has 1 amide bonds. The van der Waals surface area contributed by atoms with Crippen LogP contribution in [0.3, 0.4) is 0 Å². The Balaban J connectivity index is 1.66. The van der Waals surface area contributed by atoms with Crippen LogP contribution in [0.25, 0.3) is 0 Å². The number of fused-ring (bicyclic) bond motifs is 1. The Morgan fingerprint density at radius 1 is 1.21 bits per heavy atom. The summed E-state index contributed by atoms with van der Waals surface area (Å²) >= 11 is 0. The predicted octanol–water partition coefficient (Wildman–Crippen LogP) is 2.81. The van der Waals surface area contributed by atoms with Gasteiger partial charge in [-0.05, 0) is 56.4 Å². The summed E-state index contributed by atoms with van der Waals surface area (Å²) in [6, 6.07) is 13.5. The van der Waals surface area contributed by atoms with Gasteiger partial charge in [0.05, 0.1) is 19.6 Å². The Bertz CT molecular complexity index is 1330. The Labute approximate surface area is 231 Å². The number of ether oxygens (including phenoxy) is 1. The number of carbonyl (C=O) groups is 1. The third kappa shape index (κ3) is 6.82. The van der Waals surface area contributed by atoms with E-state index in [1.807, 2.05) is 37.3 Å². The van der Waals surface area contributed by atoms with Gasteiger partial charge in [-0.1, -0.05) is 49.1 Å². The van der Waals surface area contributed by atoms with Gasteiger partial charge in [-0.3, -0.25) is 4.79 Å². The molecule has 3 atom stereocenters. The maximum absolute atomic E-state index is 13.7. The van der Waals surface area contributed by atoms with Crippen molar-refractivity contribution < 1.29 is 28.2 Å². The number of benzene rings is 2. The van der Waals surface area contributed by atoms with Crippen LogP contribution in [0.4, 0.5) is 0 Å². The number of carbonyl (C=O) groups excluding carboxylic acids is 1. The minimum absolute atomic E-state index is 0.0110. The van der Waals surface area contributed by atoms with Crippen molar-refractivity contribution >= 4 is 15.9 Å². The van der Waals surface area contributed by atoms with E-state index in [-0.39, 0.29) is 48.6 Å². The molecule has 2 N–H and O–H groups in total. The molecule has 0 bridgehead atoms. The summed E-state index contributed by atoms with van der Waals surface area (Å²) in [5.41, 5.74) is 0.419. The fourth-order valence-electron chi connectivity index (χ4n) is 5.07. The highest BCUT2D eigenvalue weighted by Gasteiger charge is 2.38. The summed E-state index contributed by atoms with van der Waals surface area (Å²) in [5.74, 6) is 5.75. The average Bonchev–Trinajstić information content (AvgIpc) is 3.36. The standard InChI is InChI=1S/C30H38N2O6S/c1-22-19-32(23(2)21-33)39(36,37)28-12-11-25(13-16-30(35)14-7-8-15-30)17-26(28)38-27(22)20-31(3)29(34)18-24-9-5-4-6-10-24/h4-6,9-12,17,22-23,27,33,35H,7-8,14-15,18-21H2,1-3H3/t22-,23+,27+/m1/s1. The minimum atomic E-state index is -3.99. The molecule has 39 heavy (non-hydrogen) atoms. The Kier molecular flexibility index (Phi) is 9.02. The van der Waals surface area contributed by atoms with Crippen LogP contribution in [-0.4, -0.2) is 78.2 Å². The van der Waals surface area contributed by atoms with E-state index in [0.29, 0.717) is 18.4 Å². The van der Waals surface area contributed by atoms with Gasteiger partial charge in [-0.15, -0.1) is 0 Å². The molecule has 2 aromatic carbocycles. The molecule has 8 nitrogen and oxygen atoms in total. The van der Waals surface area contributed by atoms with Crippen LogP contribution >= 0.6 is 0 Å². The third-order valence-corrected chi connectivity index (χ3v) is 9.63. The molecule has 1 aliphatic carbocycles. The zero-order chi connectivity index (χ0) is 28.2. The number of nitrogens with zero attached hydrogens (tertiary/aromatic N) is 2. The van der Waals surface area contributed by atoms with Crippen molar-refractivity contribution in [3.63, 3.8) is 0 Å². The molecular formula is C30H38N2O6S. The van der Waals surface area contributed by atoms with E-state index in [1.165, 1.54) is 10.4 Å². The lowest BCUT2D eigenvalue weighted by Crippen LogP contribution is -2.50. The normalized spacial score (nSPS) is 22.8. The highest BCUT2D eigenvalue weighted by Crippen LogP contribution is 2.34. The van der Waals surface area contributed by atoms with Gasteiger partial charge in [0.15, 0.2) is 0 Å². The summed E-state index contributed by atoms with van der Waals surface area (Å²) < 4.78 is 35.0. The molecule has 0 spiro atoms. The van der Waals surface area contributed by atoms with Gasteiger partial charge in [0.2, 0.25) is 15.9 Å². The predicted molar refractivity (Wildman–Crippen MR) is 149 cm³/mol. The third-order valence-electron chi connectivity index (χ3n) is 7.62. The van der Waals surface area contributed by atoms with E-state index in [4.69, 9.17) is 4.74 Å². The molecule has 0 saturated heterocycles. The molecule has 2 aliphatic rings. The van der Waals surface area contributed by atoms with E-state index < -0.39 is 27.8 Å². The van der Waals surface area contributed by atoms with E-state index >= 15 is 0 Å². The number of likely N-dealkylation sites (N-methyl/N-ethyl adjacent to an activating group) is 1. The topological polar surface area (TPSA) is 107 Å². The minimum Gasteiger partial charge on any atom is -0.487 e. The highest BCUT2D eigenvalue weighted by atomic mass is 32.2. The fraction of sp³-hybridized carbons (Fsp3) is 0.500. The van der Waals surface area contributed by atoms with Crippen molar-refractivity contribution in [2.45, 2.75) is 68.6 Å². The monoisotopic (exact) mass is 554 g/mol. The first-order valence-electron chi connectivity index (χ1n) is 13.5. The molecule has 0 radical (unpaired) electrons. The van der Waals surface area contributed by atoms with Crippen molar-refractivity contribution in [3.8, 4) is 17.6 Å². The van der Waals surface area contributed by atoms with Crippen molar-refractivity contribution in [2.24, 2.45) is 5.92 Å². The second-order valence-corrected chi connectivity index (χ2v) is 12.7. The number of aliphatic hydroxyl groups is 2. The largest absolute Gasteiger partial charge is 0.487 e. The van der Waals surface area contributed by atoms with E-state index in [1.54, 1.807) is 31.0 Å². The number of rotatable bonds is 6. The van der Waals surface area contributed by atoms with Gasteiger partial charge in [0, 0.05) is 31.1 Å². The molecule has 210 valence electrons. The number of aliphatic hydroxyl groups excluding tert-OH is 1. The first kappa shape index (κ1) is 29.1. The molecule has 4 rings (SSSR count). The van der Waals surface area contributed by atoms with Crippen molar-refractivity contribution in [2.75, 3.05) is 26.7 Å². The first-order chi connectivity index (χ1) is 18.5. The summed E-state index contributed by atoms with van der Waals surface area (Å²) in [7, 11) is -2.27. The fourth-order valence-corrected chi connectivity index (χ4v) is 6.90. The van der Waals surface area contributed by atoms with Gasteiger partial charge in [0.25, 0.3) is 0 Å². The maximum atomic E-state index is 13.7. The van der Waals surface area contributed by atoms with Gasteiger partial charge >= 0.3 is 0 Å². The molecule has 1 aliphatic heterocycles. The van der Waals surface area contributed by atoms with Crippen molar-refractivity contribution in [1.82, 2.24) is 9.21 Å². The van der Waals surface area contributed by atoms with Crippen molar-refractivity contribution in [3.05, 3.63) is 59.7 Å². The highest BCUT2D eigenvalue weighted by molar-refractivity contribution is 7.89. The molecule has 1 fully saturated rings. The van der Waals surface area contributed by atoms with Crippen molar-refractivity contribution in [1.29, 1.82) is 0 Å². The summed E-state index contributed by atoms with van der Waals surface area (Å²) in [6.45, 7) is 3.60. The zero-order valence-corrected chi connectivity index (χ0v) is 23.7. The van der Waals surface area contributed by atoms with Crippen LogP contribution in [-0.2, 0) is 21.2 Å². The molecule has 0 unspecified atom stereocenters. The second-order valence-electron chi connectivity index (χ2n) is 10.8. The van der Waals surface area contributed by atoms with Crippen LogP contribution < -0.4 is 4.74 Å². The molecular weight excluding hydrogens is 516 g/mol. The second kappa shape index (κ2) is 12.1. The van der Waals surface area contributed by atoms with E-state index in [0.717, 1.165) is 18.4 Å². The lowest BCUT2D eigenvalue weighted by Gasteiger charge is -2.37. The number of hydrogen-bond donors (Lipinski definition) is 2. The molecule has 1 saturated carbocycles. The molecule has 9 heteroatoms. The molecule has 0 aromatic heterocycles. The maximum Gasteiger partial charge on any atom is 0.247 e. The van der Waals surface area contributed by atoms with E-state index in [2.05, 4.69) is 11.8 Å². The zero-order valence-electron chi connectivity index (χ0n) is 22.8. The van der Waals surface area contributed by atoms with Gasteiger partial charge in [-0.25, -0.2) is 8.42 Å². The van der Waals surface area contributed by atoms with Crippen LogP contribution in [0.15, 0.2) is 53.4 Å². The average molecular weight is 555 g/mol. The van der Waals surface area contributed by atoms with E-state index in [9.17, 15) is 23.4 Å². The van der Waals surface area contributed by atoms with Crippen LogP contribution in [0.2, 0.25) is 0 Å². The molecule has 2 aromatic rings. The van der Waals surface area contributed by atoms with Crippen LogP contribution in [0, 0.1) is 17.8 Å². The number of sulfonamides is 1. The summed E-state index contributed by atoms with van der Waals surface area (Å²) in [6.07, 6.45) is 2.82. The Morgan fingerprint density at radius 3 is 2.56 bits per heavy atom. The number of amides is 1. The lowest BCUT2D eigenvalue weighted by atomic mass is 10.0. The Hall–Kier alpha value is -2.90.